The van der Waals surface area contributed by atoms with Crippen molar-refractivity contribution in [2.45, 2.75) is 24.2 Å². The highest BCUT2D eigenvalue weighted by molar-refractivity contribution is 7.99. The number of hydrogen-bond acceptors (Lipinski definition) is 4. The van der Waals surface area contributed by atoms with Crippen LogP contribution in [0.4, 0.5) is 4.79 Å². The summed E-state index contributed by atoms with van der Waals surface area (Å²) in [5.41, 5.74) is 0. The van der Waals surface area contributed by atoms with Crippen molar-refractivity contribution in [3.63, 3.8) is 0 Å². The van der Waals surface area contributed by atoms with Crippen molar-refractivity contribution in [2.75, 3.05) is 58.1 Å². The molecule has 7 heteroatoms. The van der Waals surface area contributed by atoms with Gasteiger partial charge in [-0.2, -0.15) is 0 Å². The van der Waals surface area contributed by atoms with Crippen molar-refractivity contribution in [3.05, 3.63) is 30.3 Å². The summed E-state index contributed by atoms with van der Waals surface area (Å²) in [5, 5.41) is 3.00. The Bertz CT molecular complexity index is 599. The third kappa shape index (κ3) is 6.43. The highest BCUT2D eigenvalue weighted by Crippen LogP contribution is 2.16. The van der Waals surface area contributed by atoms with Gasteiger partial charge in [0.2, 0.25) is 5.91 Å². The van der Waals surface area contributed by atoms with E-state index in [-0.39, 0.29) is 11.9 Å². The molecule has 0 bridgehead atoms. The summed E-state index contributed by atoms with van der Waals surface area (Å²) in [7, 11) is 0. The number of nitrogens with zero attached hydrogens (tertiary/aromatic N) is 3. The molecule has 148 valence electrons. The predicted molar refractivity (Wildman–Crippen MR) is 109 cm³/mol. The van der Waals surface area contributed by atoms with Gasteiger partial charge in [0, 0.05) is 56.5 Å². The molecule has 2 aliphatic heterocycles. The fourth-order valence-electron chi connectivity index (χ4n) is 3.50. The number of benzene rings is 1. The number of amides is 3. The van der Waals surface area contributed by atoms with Crippen LogP contribution in [0.15, 0.2) is 35.2 Å². The van der Waals surface area contributed by atoms with Gasteiger partial charge < -0.3 is 15.1 Å². The van der Waals surface area contributed by atoms with Crippen molar-refractivity contribution in [1.29, 1.82) is 0 Å². The zero-order valence-electron chi connectivity index (χ0n) is 15.9. The second-order valence-electron chi connectivity index (χ2n) is 7.10. The van der Waals surface area contributed by atoms with Crippen LogP contribution >= 0.6 is 11.8 Å². The Balaban J connectivity index is 1.30. The number of piperidine rings is 1. The summed E-state index contributed by atoms with van der Waals surface area (Å²) in [6, 6.07) is 10.2. The number of carbonyl (C=O) groups is 2. The topological polar surface area (TPSA) is 55.9 Å². The molecule has 6 nitrogen and oxygen atoms in total. The third-order valence-corrected chi connectivity index (χ3v) is 6.13. The molecule has 2 aliphatic rings. The Hall–Kier alpha value is -1.73. The first-order valence-corrected chi connectivity index (χ1v) is 10.9. The number of piperazine rings is 1. The van der Waals surface area contributed by atoms with E-state index in [0.29, 0.717) is 26.2 Å². The monoisotopic (exact) mass is 390 g/mol. The Morgan fingerprint density at radius 2 is 1.59 bits per heavy atom. The molecule has 1 aromatic carbocycles. The molecule has 0 spiro atoms. The van der Waals surface area contributed by atoms with E-state index in [9.17, 15) is 9.59 Å². The van der Waals surface area contributed by atoms with Crippen LogP contribution in [0.3, 0.4) is 0 Å². The molecule has 0 saturated carbocycles. The molecule has 0 aromatic heterocycles. The summed E-state index contributed by atoms with van der Waals surface area (Å²) in [4.78, 5) is 31.9. The van der Waals surface area contributed by atoms with Crippen LogP contribution in [0.1, 0.15) is 19.3 Å². The Kier molecular flexibility index (Phi) is 7.83. The first kappa shape index (κ1) is 20.0. The van der Waals surface area contributed by atoms with Crippen LogP contribution in [0.5, 0.6) is 0 Å². The zero-order valence-corrected chi connectivity index (χ0v) is 16.8. The van der Waals surface area contributed by atoms with Gasteiger partial charge in [-0.15, -0.1) is 11.8 Å². The second kappa shape index (κ2) is 10.6. The lowest BCUT2D eigenvalue weighted by molar-refractivity contribution is -0.133. The number of hydrogen-bond donors (Lipinski definition) is 1. The van der Waals surface area contributed by atoms with E-state index in [0.717, 1.165) is 44.8 Å². The molecule has 1 aromatic rings. The van der Waals surface area contributed by atoms with Crippen molar-refractivity contribution in [3.8, 4) is 0 Å². The number of likely N-dealkylation sites (tertiary alicyclic amines) is 1. The molecule has 3 amide bonds. The van der Waals surface area contributed by atoms with Crippen molar-refractivity contribution >= 4 is 23.7 Å². The van der Waals surface area contributed by atoms with Gasteiger partial charge in [0.15, 0.2) is 0 Å². The van der Waals surface area contributed by atoms with Crippen LogP contribution in [0.2, 0.25) is 0 Å². The summed E-state index contributed by atoms with van der Waals surface area (Å²) < 4.78 is 0. The number of thioether (sulfide) groups is 1. The predicted octanol–water partition coefficient (Wildman–Crippen LogP) is 2.12. The van der Waals surface area contributed by atoms with E-state index >= 15 is 0 Å². The van der Waals surface area contributed by atoms with Crippen LogP contribution < -0.4 is 5.32 Å². The normalized spacial score (nSPS) is 18.4. The van der Waals surface area contributed by atoms with E-state index in [1.165, 1.54) is 11.3 Å². The van der Waals surface area contributed by atoms with Gasteiger partial charge in [-0.05, 0) is 31.4 Å². The fraction of sp³-hybridized carbons (Fsp3) is 0.600. The van der Waals surface area contributed by atoms with Gasteiger partial charge in [0.05, 0.1) is 6.54 Å². The minimum atomic E-state index is 0.00525. The lowest BCUT2D eigenvalue weighted by atomic mass is 10.1. The van der Waals surface area contributed by atoms with Crippen LogP contribution in [0, 0.1) is 0 Å². The molecule has 27 heavy (non-hydrogen) atoms. The maximum Gasteiger partial charge on any atom is 0.317 e. The average Bonchev–Trinajstić information content (AvgIpc) is 2.73. The zero-order chi connectivity index (χ0) is 18.9. The fourth-order valence-corrected chi connectivity index (χ4v) is 4.29. The third-order valence-electron chi connectivity index (χ3n) is 5.12. The van der Waals surface area contributed by atoms with Crippen molar-refractivity contribution < 1.29 is 9.59 Å². The summed E-state index contributed by atoms with van der Waals surface area (Å²) >= 11 is 1.75. The molecule has 2 saturated heterocycles. The molecule has 0 atom stereocenters. The number of rotatable bonds is 6. The lowest BCUT2D eigenvalue weighted by Crippen LogP contribution is -2.54. The molecule has 2 fully saturated rings. The van der Waals surface area contributed by atoms with E-state index in [1.54, 1.807) is 11.8 Å². The average molecular weight is 391 g/mol. The molecule has 0 unspecified atom stereocenters. The van der Waals surface area contributed by atoms with Crippen LogP contribution in [-0.4, -0.2) is 84.7 Å². The Morgan fingerprint density at radius 1 is 0.889 bits per heavy atom. The second-order valence-corrected chi connectivity index (χ2v) is 8.27. The van der Waals surface area contributed by atoms with Gasteiger partial charge in [-0.25, -0.2) is 4.79 Å². The molecule has 3 rings (SSSR count). The van der Waals surface area contributed by atoms with Gasteiger partial charge >= 0.3 is 6.03 Å². The largest absolute Gasteiger partial charge is 0.342 e. The first-order chi connectivity index (χ1) is 13.2. The van der Waals surface area contributed by atoms with Gasteiger partial charge in [0.25, 0.3) is 0 Å². The van der Waals surface area contributed by atoms with E-state index < -0.39 is 0 Å². The standard InChI is InChI=1S/C20H30N4O2S/c25-19(23-10-5-2-6-11-23)17-22-12-14-24(15-13-22)20(26)21-9-16-27-18-7-3-1-4-8-18/h1,3-4,7-8H,2,5-6,9-17H2,(H,21,26). The molecule has 1 N–H and O–H groups in total. The van der Waals surface area contributed by atoms with Crippen LogP contribution in [0.25, 0.3) is 0 Å². The Morgan fingerprint density at radius 3 is 2.30 bits per heavy atom. The van der Waals surface area contributed by atoms with Crippen molar-refractivity contribution in [1.82, 2.24) is 20.0 Å². The van der Waals surface area contributed by atoms with Crippen LogP contribution in [-0.2, 0) is 4.79 Å². The smallest absolute Gasteiger partial charge is 0.317 e. The molecule has 2 heterocycles. The van der Waals surface area contributed by atoms with E-state index in [4.69, 9.17) is 0 Å². The Labute approximate surface area is 166 Å². The molecule has 0 aliphatic carbocycles. The molecular formula is C20H30N4O2S. The minimum Gasteiger partial charge on any atom is -0.342 e. The quantitative estimate of drug-likeness (QED) is 0.597. The maximum atomic E-state index is 12.4. The van der Waals surface area contributed by atoms with Gasteiger partial charge in [0.1, 0.15) is 0 Å². The minimum absolute atomic E-state index is 0.00525. The lowest BCUT2D eigenvalue weighted by Gasteiger charge is -2.36. The number of nitrogens with one attached hydrogen (secondary N) is 1. The molecular weight excluding hydrogens is 360 g/mol. The summed E-state index contributed by atoms with van der Waals surface area (Å²) in [5.74, 6) is 1.10. The summed E-state index contributed by atoms with van der Waals surface area (Å²) in [6.07, 6.45) is 3.49. The van der Waals surface area contributed by atoms with E-state index in [1.807, 2.05) is 28.0 Å². The first-order valence-electron chi connectivity index (χ1n) is 9.93. The van der Waals surface area contributed by atoms with Crippen molar-refractivity contribution in [2.24, 2.45) is 0 Å². The SMILES string of the molecule is O=C(CN1CCN(C(=O)NCCSc2ccccc2)CC1)N1CCCCC1. The molecule has 0 radical (unpaired) electrons. The number of carbonyl (C=O) groups excluding carboxylic acids is 2. The summed E-state index contributed by atoms with van der Waals surface area (Å²) in [6.45, 7) is 5.87. The van der Waals surface area contributed by atoms with E-state index in [2.05, 4.69) is 22.3 Å². The highest BCUT2D eigenvalue weighted by atomic mass is 32.2. The number of urea groups is 1. The maximum absolute atomic E-state index is 12.4. The highest BCUT2D eigenvalue weighted by Gasteiger charge is 2.24. The van der Waals surface area contributed by atoms with Gasteiger partial charge in [-0.1, -0.05) is 18.2 Å². The van der Waals surface area contributed by atoms with Gasteiger partial charge in [-0.3, -0.25) is 9.69 Å².